The number of unbranched alkanes of at least 4 members (excludes halogenated alkanes) is 2. The third-order valence-electron chi connectivity index (χ3n) is 3.31. The van der Waals surface area contributed by atoms with Gasteiger partial charge in [0, 0.05) is 32.8 Å². The van der Waals surface area contributed by atoms with Gasteiger partial charge in [-0.3, -0.25) is 9.59 Å². The number of ether oxygens (including phenoxy) is 2. The maximum atomic E-state index is 11.7. The minimum atomic E-state index is -0.536. The number of aliphatic hydroxyl groups excluding tert-OH is 2. The Morgan fingerprint density at radius 3 is 2.32 bits per heavy atom. The fourth-order valence-corrected chi connectivity index (χ4v) is 2.16. The molecule has 0 saturated carbocycles. The van der Waals surface area contributed by atoms with Gasteiger partial charge in [-0.05, 0) is 26.2 Å². The van der Waals surface area contributed by atoms with Gasteiger partial charge in [0.25, 0.3) is 0 Å². The molecule has 0 aliphatic rings. The predicted octanol–water partition coefficient (Wildman–Crippen LogP) is 1.95. The summed E-state index contributed by atoms with van der Waals surface area (Å²) >= 11 is 0. The van der Waals surface area contributed by atoms with E-state index >= 15 is 0 Å². The lowest BCUT2D eigenvalue weighted by atomic mass is 10.0. The molecule has 6 heteroatoms. The molecule has 0 heterocycles. The molecule has 6 nitrogen and oxygen atoms in total. The van der Waals surface area contributed by atoms with Gasteiger partial charge in [0.15, 0.2) is 0 Å². The lowest BCUT2D eigenvalue weighted by molar-refractivity contribution is -0.154. The van der Waals surface area contributed by atoms with Gasteiger partial charge >= 0.3 is 11.9 Å². The Morgan fingerprint density at radius 2 is 1.77 bits per heavy atom. The molecule has 3 unspecified atom stereocenters. The topological polar surface area (TPSA) is 93.1 Å². The van der Waals surface area contributed by atoms with Crippen LogP contribution in [0.25, 0.3) is 0 Å². The van der Waals surface area contributed by atoms with E-state index in [0.717, 1.165) is 6.42 Å². The highest BCUT2D eigenvalue weighted by Crippen LogP contribution is 2.15. The van der Waals surface area contributed by atoms with Crippen LogP contribution in [-0.2, 0) is 19.1 Å². The zero-order valence-corrected chi connectivity index (χ0v) is 13.9. The van der Waals surface area contributed by atoms with Crippen LogP contribution >= 0.6 is 0 Å². The minimum absolute atomic E-state index is 0.134. The lowest BCUT2D eigenvalue weighted by Crippen LogP contribution is -2.28. The second-order valence-electron chi connectivity index (χ2n) is 5.60. The van der Waals surface area contributed by atoms with Crippen LogP contribution in [0.1, 0.15) is 65.7 Å². The molecule has 0 aliphatic heterocycles. The molecule has 0 radical (unpaired) electrons. The SMILES string of the molecule is CCC(O)CC(CC(C)OC(=O)CCCCCO)OC(C)=O. The maximum absolute atomic E-state index is 11.7. The molecule has 3 atom stereocenters. The molecule has 0 amide bonds. The van der Waals surface area contributed by atoms with Crippen molar-refractivity contribution < 1.29 is 29.3 Å². The molecule has 0 rings (SSSR count). The van der Waals surface area contributed by atoms with Gasteiger partial charge in [0.05, 0.1) is 6.10 Å². The highest BCUT2D eigenvalue weighted by molar-refractivity contribution is 5.69. The highest BCUT2D eigenvalue weighted by atomic mass is 16.6. The summed E-state index contributed by atoms with van der Waals surface area (Å²) in [4.78, 5) is 22.8. The first-order valence-electron chi connectivity index (χ1n) is 8.04. The zero-order valence-electron chi connectivity index (χ0n) is 13.9. The van der Waals surface area contributed by atoms with Crippen LogP contribution in [0.15, 0.2) is 0 Å². The molecule has 2 N–H and O–H groups in total. The van der Waals surface area contributed by atoms with E-state index in [4.69, 9.17) is 14.6 Å². The second-order valence-corrected chi connectivity index (χ2v) is 5.60. The maximum Gasteiger partial charge on any atom is 0.306 e. The van der Waals surface area contributed by atoms with Gasteiger partial charge in [-0.25, -0.2) is 0 Å². The van der Waals surface area contributed by atoms with Crippen LogP contribution in [-0.4, -0.2) is 47.1 Å². The van der Waals surface area contributed by atoms with E-state index in [1.807, 2.05) is 6.92 Å². The molecule has 0 aromatic rings. The van der Waals surface area contributed by atoms with Crippen molar-refractivity contribution in [3.05, 3.63) is 0 Å². The quantitative estimate of drug-likeness (QED) is 0.422. The van der Waals surface area contributed by atoms with E-state index in [2.05, 4.69) is 0 Å². The molecule has 0 saturated heterocycles. The number of carbonyl (C=O) groups is 2. The first kappa shape index (κ1) is 20.9. The molecule has 0 fully saturated rings. The van der Waals surface area contributed by atoms with Gasteiger partial charge in [-0.1, -0.05) is 13.3 Å². The van der Waals surface area contributed by atoms with Crippen molar-refractivity contribution in [3.63, 3.8) is 0 Å². The van der Waals surface area contributed by atoms with Crippen LogP contribution in [0.2, 0.25) is 0 Å². The van der Waals surface area contributed by atoms with E-state index in [9.17, 15) is 14.7 Å². The summed E-state index contributed by atoms with van der Waals surface area (Å²) in [5.74, 6) is -0.695. The lowest BCUT2D eigenvalue weighted by Gasteiger charge is -2.23. The van der Waals surface area contributed by atoms with Gasteiger partial charge in [0.2, 0.25) is 0 Å². The van der Waals surface area contributed by atoms with Crippen LogP contribution in [0, 0.1) is 0 Å². The molecule has 0 bridgehead atoms. The predicted molar refractivity (Wildman–Crippen MR) is 82.2 cm³/mol. The van der Waals surface area contributed by atoms with Crippen molar-refractivity contribution in [2.75, 3.05) is 6.61 Å². The Kier molecular flexibility index (Phi) is 11.8. The number of carbonyl (C=O) groups excluding carboxylic acids is 2. The molecule has 0 spiro atoms. The van der Waals surface area contributed by atoms with E-state index < -0.39 is 18.2 Å². The Hall–Kier alpha value is -1.14. The van der Waals surface area contributed by atoms with Crippen molar-refractivity contribution in [3.8, 4) is 0 Å². The Balaban J connectivity index is 4.16. The summed E-state index contributed by atoms with van der Waals surface area (Å²) in [6, 6.07) is 0. The third kappa shape index (κ3) is 11.5. The second kappa shape index (κ2) is 12.4. The van der Waals surface area contributed by atoms with Crippen molar-refractivity contribution in [1.29, 1.82) is 0 Å². The average molecular weight is 318 g/mol. The fourth-order valence-electron chi connectivity index (χ4n) is 2.16. The molecule has 0 aromatic carbocycles. The summed E-state index contributed by atoms with van der Waals surface area (Å²) < 4.78 is 10.5. The van der Waals surface area contributed by atoms with Crippen LogP contribution in [0.4, 0.5) is 0 Å². The monoisotopic (exact) mass is 318 g/mol. The number of rotatable bonds is 12. The number of aliphatic hydroxyl groups is 2. The molecule has 0 aliphatic carbocycles. The average Bonchev–Trinajstić information content (AvgIpc) is 2.42. The standard InChI is InChI=1S/C16H30O6/c1-4-14(19)11-15(22-13(3)18)10-12(2)21-16(20)8-6-5-7-9-17/h12,14-15,17,19H,4-11H2,1-3H3. The van der Waals surface area contributed by atoms with Crippen molar-refractivity contribution >= 4 is 11.9 Å². The van der Waals surface area contributed by atoms with Crippen LogP contribution in [0.5, 0.6) is 0 Å². The molecular formula is C16H30O6. The zero-order chi connectivity index (χ0) is 17.0. The van der Waals surface area contributed by atoms with Crippen molar-refractivity contribution in [1.82, 2.24) is 0 Å². The van der Waals surface area contributed by atoms with E-state index in [0.29, 0.717) is 38.5 Å². The fraction of sp³-hybridized carbons (Fsp3) is 0.875. The number of esters is 2. The van der Waals surface area contributed by atoms with Gasteiger partial charge in [0.1, 0.15) is 12.2 Å². The minimum Gasteiger partial charge on any atom is -0.463 e. The van der Waals surface area contributed by atoms with Crippen molar-refractivity contribution in [2.45, 2.75) is 84.0 Å². The first-order chi connectivity index (χ1) is 10.4. The molecule has 130 valence electrons. The van der Waals surface area contributed by atoms with Crippen molar-refractivity contribution in [2.24, 2.45) is 0 Å². The highest BCUT2D eigenvalue weighted by Gasteiger charge is 2.21. The molecule has 22 heavy (non-hydrogen) atoms. The van der Waals surface area contributed by atoms with E-state index in [-0.39, 0.29) is 18.7 Å². The van der Waals surface area contributed by atoms with Gasteiger partial charge in [-0.2, -0.15) is 0 Å². The van der Waals surface area contributed by atoms with Crippen LogP contribution in [0.3, 0.4) is 0 Å². The van der Waals surface area contributed by atoms with E-state index in [1.165, 1.54) is 6.92 Å². The largest absolute Gasteiger partial charge is 0.463 e. The first-order valence-corrected chi connectivity index (χ1v) is 8.04. The Labute approximate surface area is 132 Å². The van der Waals surface area contributed by atoms with Gasteiger partial charge in [-0.15, -0.1) is 0 Å². The summed E-state index contributed by atoms with van der Waals surface area (Å²) in [6.07, 6.45) is 2.41. The third-order valence-corrected chi connectivity index (χ3v) is 3.31. The summed E-state index contributed by atoms with van der Waals surface area (Å²) in [7, 11) is 0. The smallest absolute Gasteiger partial charge is 0.306 e. The Bertz CT molecular complexity index is 318. The number of hydrogen-bond donors (Lipinski definition) is 2. The Morgan fingerprint density at radius 1 is 1.09 bits per heavy atom. The summed E-state index contributed by atoms with van der Waals surface area (Å²) in [6.45, 7) is 5.06. The normalized spacial score (nSPS) is 15.0. The summed E-state index contributed by atoms with van der Waals surface area (Å²) in [5.41, 5.74) is 0. The number of hydrogen-bond acceptors (Lipinski definition) is 6. The molecular weight excluding hydrogens is 288 g/mol. The van der Waals surface area contributed by atoms with E-state index in [1.54, 1.807) is 6.92 Å². The summed E-state index contributed by atoms with van der Waals surface area (Å²) in [5, 5.41) is 18.3. The molecule has 0 aromatic heterocycles. The van der Waals surface area contributed by atoms with Crippen LogP contribution < -0.4 is 0 Å². The van der Waals surface area contributed by atoms with Gasteiger partial charge < -0.3 is 19.7 Å².